The van der Waals surface area contributed by atoms with Gasteiger partial charge < -0.3 is 0 Å². The van der Waals surface area contributed by atoms with Crippen LogP contribution >= 0.6 is 46.4 Å². The molecule has 0 nitrogen and oxygen atoms in total. The van der Waals surface area contributed by atoms with Crippen molar-refractivity contribution in [3.8, 4) is 0 Å². The highest BCUT2D eigenvalue weighted by Gasteiger charge is 2.19. The van der Waals surface area contributed by atoms with Gasteiger partial charge in [0.2, 0.25) is 0 Å². The maximum atomic E-state index is 11.2. The molecule has 0 atom stereocenters. The molecule has 0 bridgehead atoms. The Hall–Kier alpha value is 0.950. The Bertz CT molecular complexity index is 88.5. The molecular weight excluding hydrogens is 247 g/mol. The third kappa shape index (κ3) is 56.2. The van der Waals surface area contributed by atoms with E-state index in [2.05, 4.69) is 46.4 Å². The van der Waals surface area contributed by atoms with Gasteiger partial charge in [0.25, 0.3) is 0 Å². The fourth-order valence-electron chi connectivity index (χ4n) is 0. The molecule has 0 saturated heterocycles. The van der Waals surface area contributed by atoms with Crippen LogP contribution in [-0.2, 0) is 0 Å². The van der Waals surface area contributed by atoms with Gasteiger partial charge in [-0.15, -0.1) is 0 Å². The Morgan fingerprint density at radius 1 is 1.00 bits per heavy atom. The summed E-state index contributed by atoms with van der Waals surface area (Å²) in [4.78, 5) is 0. The standard InChI is InChI=1S/C3H5ClF2.CCl3F/c1-2-3(4,5)6;2-1(3,4)5/h2H2,1H3;. The molecule has 0 aliphatic rings. The topological polar surface area (TPSA) is 0 Å². The number of hydrogen-bond acceptors (Lipinski definition) is 0. The van der Waals surface area contributed by atoms with Crippen LogP contribution in [0.5, 0.6) is 0 Å². The first-order valence-corrected chi connectivity index (χ1v) is 3.90. The second-order valence-corrected chi connectivity index (χ2v) is 4.09. The van der Waals surface area contributed by atoms with Gasteiger partial charge in [-0.3, -0.25) is 0 Å². The van der Waals surface area contributed by atoms with Crippen molar-refractivity contribution in [2.24, 2.45) is 0 Å². The summed E-state index contributed by atoms with van der Waals surface area (Å²) >= 11 is 17.6. The summed E-state index contributed by atoms with van der Waals surface area (Å²) in [6.07, 6.45) is -0.297. The highest BCUT2D eigenvalue weighted by atomic mass is 35.6. The Labute approximate surface area is 82.5 Å². The van der Waals surface area contributed by atoms with Crippen molar-refractivity contribution in [3.05, 3.63) is 0 Å². The van der Waals surface area contributed by atoms with Gasteiger partial charge in [-0.1, -0.05) is 6.92 Å². The first-order valence-electron chi connectivity index (χ1n) is 2.38. The van der Waals surface area contributed by atoms with Crippen molar-refractivity contribution in [2.45, 2.75) is 22.8 Å². The molecule has 0 heterocycles. The average molecular weight is 252 g/mol. The number of halogens is 7. The largest absolute Gasteiger partial charge is 0.333 e. The number of hydrogen-bond donors (Lipinski definition) is 0. The fraction of sp³-hybridized carbons (Fsp3) is 1.00. The number of rotatable bonds is 1. The smallest absolute Gasteiger partial charge is 0.189 e. The van der Waals surface area contributed by atoms with E-state index in [1.165, 1.54) is 6.92 Å². The van der Waals surface area contributed by atoms with E-state index < -0.39 is 9.43 Å². The van der Waals surface area contributed by atoms with Crippen LogP contribution in [0.3, 0.4) is 0 Å². The van der Waals surface area contributed by atoms with Crippen LogP contribution in [0.25, 0.3) is 0 Å². The minimum Gasteiger partial charge on any atom is -0.189 e. The molecule has 0 N–H and O–H groups in total. The van der Waals surface area contributed by atoms with E-state index in [9.17, 15) is 13.2 Å². The Morgan fingerprint density at radius 3 is 1.09 bits per heavy atom. The third-order valence-electron chi connectivity index (χ3n) is 0.401. The third-order valence-corrected chi connectivity index (χ3v) is 0.668. The van der Waals surface area contributed by atoms with Gasteiger partial charge in [0.1, 0.15) is 0 Å². The predicted molar refractivity (Wildman–Crippen MR) is 42.5 cm³/mol. The van der Waals surface area contributed by atoms with Gasteiger partial charge in [-0.2, -0.15) is 13.2 Å². The molecule has 11 heavy (non-hydrogen) atoms. The van der Waals surface area contributed by atoms with E-state index in [-0.39, 0.29) is 6.42 Å². The molecule has 0 fully saturated rings. The number of alkyl halides is 7. The zero-order chi connectivity index (χ0) is 9.71. The lowest BCUT2D eigenvalue weighted by Gasteiger charge is -1.98. The van der Waals surface area contributed by atoms with Crippen LogP contribution in [0.2, 0.25) is 0 Å². The van der Waals surface area contributed by atoms with Crippen molar-refractivity contribution in [2.75, 3.05) is 0 Å². The van der Waals surface area contributed by atoms with Crippen LogP contribution in [0, 0.1) is 0 Å². The summed E-state index contributed by atoms with van der Waals surface area (Å²) in [5, 5.41) is -2.99. The lowest BCUT2D eigenvalue weighted by molar-refractivity contribution is 0.0921. The summed E-state index contributed by atoms with van der Waals surface area (Å²) in [6.45, 7) is 1.33. The van der Waals surface area contributed by atoms with Crippen LogP contribution in [-0.4, -0.2) is 9.43 Å². The zero-order valence-electron chi connectivity index (χ0n) is 5.35. The van der Waals surface area contributed by atoms with Crippen molar-refractivity contribution in [1.29, 1.82) is 0 Å². The second-order valence-electron chi connectivity index (χ2n) is 1.40. The molecule has 70 valence electrons. The molecule has 0 aromatic carbocycles. The Balaban J connectivity index is 0. The molecule has 0 rings (SSSR count). The van der Waals surface area contributed by atoms with Crippen molar-refractivity contribution >= 4 is 46.4 Å². The normalized spacial score (nSPS) is 12.0. The maximum Gasteiger partial charge on any atom is 0.333 e. The lowest BCUT2D eigenvalue weighted by Crippen LogP contribution is -2.00. The maximum absolute atomic E-state index is 11.2. The van der Waals surface area contributed by atoms with Gasteiger partial charge in [0, 0.05) is 6.42 Å². The van der Waals surface area contributed by atoms with Crippen LogP contribution in [0.1, 0.15) is 13.3 Å². The Kier molecular flexibility index (Phi) is 7.33. The molecule has 0 aromatic heterocycles. The fourth-order valence-corrected chi connectivity index (χ4v) is 0. The molecule has 0 saturated carbocycles. The molecule has 7 heteroatoms. The van der Waals surface area contributed by atoms with Gasteiger partial charge >= 0.3 is 9.43 Å². The van der Waals surface area contributed by atoms with Crippen molar-refractivity contribution in [3.63, 3.8) is 0 Å². The van der Waals surface area contributed by atoms with Crippen molar-refractivity contribution < 1.29 is 13.2 Å². The van der Waals surface area contributed by atoms with E-state index in [4.69, 9.17) is 0 Å². The van der Waals surface area contributed by atoms with E-state index >= 15 is 0 Å². The van der Waals surface area contributed by atoms with Gasteiger partial charge in [0.05, 0.1) is 0 Å². The summed E-state index contributed by atoms with van der Waals surface area (Å²) < 4.78 is 30.8. The highest BCUT2D eigenvalue weighted by Crippen LogP contribution is 2.26. The van der Waals surface area contributed by atoms with Gasteiger partial charge in [-0.25, -0.2) is 0 Å². The minimum atomic E-state index is -2.99. The molecule has 0 aliphatic carbocycles. The molecular formula is C4H5Cl4F3. The van der Waals surface area contributed by atoms with Crippen LogP contribution in [0.4, 0.5) is 13.2 Å². The quantitative estimate of drug-likeness (QED) is 0.602. The molecule has 0 radical (unpaired) electrons. The second kappa shape index (κ2) is 5.57. The molecule has 0 aliphatic heterocycles. The molecule has 0 aromatic rings. The summed E-state index contributed by atoms with van der Waals surface area (Å²) in [6, 6.07) is 0. The van der Waals surface area contributed by atoms with Crippen molar-refractivity contribution in [1.82, 2.24) is 0 Å². The molecule has 0 unspecified atom stereocenters. The first-order chi connectivity index (χ1) is 4.56. The summed E-state index contributed by atoms with van der Waals surface area (Å²) in [7, 11) is 0. The van der Waals surface area contributed by atoms with E-state index in [0.29, 0.717) is 0 Å². The summed E-state index contributed by atoms with van der Waals surface area (Å²) in [5.41, 5.74) is 0. The Morgan fingerprint density at radius 2 is 1.09 bits per heavy atom. The minimum absolute atomic E-state index is 0.297. The van der Waals surface area contributed by atoms with Gasteiger partial charge in [-0.05, 0) is 46.4 Å². The SMILES string of the molecule is CCC(F)(F)Cl.FC(Cl)(Cl)Cl. The zero-order valence-corrected chi connectivity index (χ0v) is 8.38. The molecule has 0 amide bonds. The van der Waals surface area contributed by atoms with E-state index in [1.807, 2.05) is 0 Å². The monoisotopic (exact) mass is 250 g/mol. The molecule has 0 spiro atoms. The predicted octanol–water partition coefficient (Wildman–Crippen LogP) is 4.51. The lowest BCUT2D eigenvalue weighted by atomic mass is 10.5. The van der Waals surface area contributed by atoms with Crippen LogP contribution in [0.15, 0.2) is 0 Å². The highest BCUT2D eigenvalue weighted by molar-refractivity contribution is 6.66. The van der Waals surface area contributed by atoms with E-state index in [0.717, 1.165) is 0 Å². The average Bonchev–Trinajstić information content (AvgIpc) is 1.59. The van der Waals surface area contributed by atoms with Gasteiger partial charge in [0.15, 0.2) is 0 Å². The first kappa shape index (κ1) is 14.5. The summed E-state index contributed by atoms with van der Waals surface area (Å²) in [5.74, 6) is 0. The van der Waals surface area contributed by atoms with Crippen LogP contribution < -0.4 is 0 Å². The van der Waals surface area contributed by atoms with E-state index in [1.54, 1.807) is 0 Å².